The van der Waals surface area contributed by atoms with E-state index in [0.717, 1.165) is 32.4 Å². The average molecular weight is 432 g/mol. The van der Waals surface area contributed by atoms with E-state index < -0.39 is 6.10 Å². The highest BCUT2D eigenvalue weighted by Gasteiger charge is 2.37. The van der Waals surface area contributed by atoms with Crippen LogP contribution in [0.2, 0.25) is 0 Å². The zero-order chi connectivity index (χ0) is 22.4. The van der Waals surface area contributed by atoms with E-state index in [-0.39, 0.29) is 30.1 Å². The summed E-state index contributed by atoms with van der Waals surface area (Å²) in [5.74, 6) is -0.0336. The van der Waals surface area contributed by atoms with Gasteiger partial charge in [-0.2, -0.15) is 0 Å². The van der Waals surface area contributed by atoms with Gasteiger partial charge in [0.2, 0.25) is 11.8 Å². The molecule has 8 heteroatoms. The molecule has 0 bridgehead atoms. The third-order valence-electron chi connectivity index (χ3n) is 6.69. The minimum absolute atomic E-state index is 0.00765. The molecular weight excluding hydrogens is 398 g/mol. The first-order chi connectivity index (χ1) is 14.9. The van der Waals surface area contributed by atoms with Crippen LogP contribution in [0.4, 0.5) is 0 Å². The fourth-order valence-electron chi connectivity index (χ4n) is 4.87. The Morgan fingerprint density at radius 2 is 1.61 bits per heavy atom. The number of aliphatic hydroxyl groups excluding tert-OH is 1. The number of likely N-dealkylation sites (tertiary alicyclic amines) is 2. The number of rotatable bonds is 2. The number of amides is 2. The summed E-state index contributed by atoms with van der Waals surface area (Å²) in [6.07, 6.45) is 2.48. The molecule has 2 saturated heterocycles. The zero-order valence-corrected chi connectivity index (χ0v) is 18.2. The maximum absolute atomic E-state index is 13.0. The van der Waals surface area contributed by atoms with E-state index in [1.165, 1.54) is 11.1 Å². The third-order valence-corrected chi connectivity index (χ3v) is 6.69. The van der Waals surface area contributed by atoms with Gasteiger partial charge < -0.3 is 24.9 Å². The van der Waals surface area contributed by atoms with Gasteiger partial charge in [0.1, 0.15) is 0 Å². The van der Waals surface area contributed by atoms with Gasteiger partial charge in [-0.25, -0.2) is 0 Å². The van der Waals surface area contributed by atoms with Crippen LogP contribution in [0, 0.1) is 11.8 Å². The van der Waals surface area contributed by atoms with Crippen molar-refractivity contribution in [3.05, 3.63) is 35.4 Å². The van der Waals surface area contributed by atoms with Crippen LogP contribution >= 0.6 is 0 Å². The van der Waals surface area contributed by atoms with Crippen molar-refractivity contribution in [3.63, 3.8) is 0 Å². The van der Waals surface area contributed by atoms with E-state index in [4.69, 9.17) is 9.90 Å². The summed E-state index contributed by atoms with van der Waals surface area (Å²) in [4.78, 5) is 40.2. The van der Waals surface area contributed by atoms with E-state index in [9.17, 15) is 14.7 Å². The fourth-order valence-corrected chi connectivity index (χ4v) is 4.87. The number of carbonyl (C=O) groups excluding carboxylic acids is 2. The molecule has 31 heavy (non-hydrogen) atoms. The molecule has 2 fully saturated rings. The number of benzene rings is 1. The van der Waals surface area contributed by atoms with E-state index in [1.54, 1.807) is 0 Å². The van der Waals surface area contributed by atoms with Crippen molar-refractivity contribution in [1.29, 1.82) is 0 Å². The van der Waals surface area contributed by atoms with Crippen LogP contribution in [0.5, 0.6) is 0 Å². The summed E-state index contributed by atoms with van der Waals surface area (Å²) in [5.41, 5.74) is 2.60. The molecule has 2 N–H and O–H groups in total. The van der Waals surface area contributed by atoms with Crippen LogP contribution < -0.4 is 0 Å². The molecule has 0 unspecified atom stereocenters. The summed E-state index contributed by atoms with van der Waals surface area (Å²) < 4.78 is 0. The van der Waals surface area contributed by atoms with Gasteiger partial charge >= 0.3 is 0 Å². The van der Waals surface area contributed by atoms with Crippen molar-refractivity contribution in [2.24, 2.45) is 11.8 Å². The molecule has 1 aromatic carbocycles. The number of piperidine rings is 2. The minimum Gasteiger partial charge on any atom is -0.483 e. The number of carbonyl (C=O) groups is 3. The molecule has 0 aromatic heterocycles. The molecule has 3 aliphatic heterocycles. The molecule has 170 valence electrons. The number of hydrogen-bond donors (Lipinski definition) is 2. The first kappa shape index (κ1) is 23.2. The second-order valence-corrected chi connectivity index (χ2v) is 8.71. The summed E-state index contributed by atoms with van der Waals surface area (Å²) in [6, 6.07) is 8.36. The quantitative estimate of drug-likeness (QED) is 0.673. The van der Waals surface area contributed by atoms with Gasteiger partial charge in [-0.3, -0.25) is 14.4 Å². The van der Waals surface area contributed by atoms with E-state index in [2.05, 4.69) is 23.1 Å². The van der Waals surface area contributed by atoms with E-state index in [1.807, 2.05) is 22.9 Å². The third kappa shape index (κ3) is 5.62. The van der Waals surface area contributed by atoms with Gasteiger partial charge in [0.25, 0.3) is 6.47 Å². The van der Waals surface area contributed by atoms with Gasteiger partial charge in [-0.05, 0) is 43.9 Å². The molecule has 4 rings (SSSR count). The van der Waals surface area contributed by atoms with Gasteiger partial charge in [0.05, 0.1) is 12.0 Å². The lowest BCUT2D eigenvalue weighted by atomic mass is 9.90. The summed E-state index contributed by atoms with van der Waals surface area (Å²) in [7, 11) is 1.99. The maximum atomic E-state index is 13.0. The molecule has 3 aliphatic rings. The second-order valence-electron chi connectivity index (χ2n) is 8.71. The van der Waals surface area contributed by atoms with Gasteiger partial charge in [-0.1, -0.05) is 24.3 Å². The number of carboxylic acid groups (broad SMARTS) is 1. The molecule has 0 radical (unpaired) electrons. The van der Waals surface area contributed by atoms with Crippen molar-refractivity contribution in [1.82, 2.24) is 14.7 Å². The molecular formula is C23H33N3O5. The van der Waals surface area contributed by atoms with Crippen molar-refractivity contribution in [2.45, 2.75) is 38.3 Å². The van der Waals surface area contributed by atoms with Gasteiger partial charge in [0, 0.05) is 45.2 Å². The van der Waals surface area contributed by atoms with Crippen molar-refractivity contribution >= 4 is 18.3 Å². The second kappa shape index (κ2) is 10.7. The molecule has 2 atom stereocenters. The Kier molecular flexibility index (Phi) is 8.03. The maximum Gasteiger partial charge on any atom is 0.290 e. The Labute approximate surface area is 183 Å². The van der Waals surface area contributed by atoms with Crippen LogP contribution in [0.3, 0.4) is 0 Å². The zero-order valence-electron chi connectivity index (χ0n) is 18.2. The van der Waals surface area contributed by atoms with Crippen LogP contribution in [-0.2, 0) is 27.3 Å². The van der Waals surface area contributed by atoms with Crippen LogP contribution in [0.15, 0.2) is 24.3 Å². The highest BCUT2D eigenvalue weighted by atomic mass is 16.3. The first-order valence-corrected chi connectivity index (χ1v) is 11.0. The lowest BCUT2D eigenvalue weighted by molar-refractivity contribution is -0.147. The lowest BCUT2D eigenvalue weighted by Crippen LogP contribution is -2.52. The fraction of sp³-hybridized carbons (Fsp3) is 0.609. The van der Waals surface area contributed by atoms with Crippen molar-refractivity contribution in [3.8, 4) is 0 Å². The summed E-state index contributed by atoms with van der Waals surface area (Å²) >= 11 is 0. The highest BCUT2D eigenvalue weighted by molar-refractivity contribution is 5.82. The average Bonchev–Trinajstić information content (AvgIpc) is 2.80. The number of hydrogen-bond acceptors (Lipinski definition) is 5. The SMILES string of the molecule is CN1CC[C@H](O)[C@H](C(=O)N2CCC(C(=O)N3CCc4ccccc4C3)CC2)C1.O=CO. The largest absolute Gasteiger partial charge is 0.483 e. The monoisotopic (exact) mass is 431 g/mol. The Morgan fingerprint density at radius 3 is 2.29 bits per heavy atom. The Balaban J connectivity index is 0.000000858. The van der Waals surface area contributed by atoms with Crippen LogP contribution in [-0.4, -0.2) is 89.1 Å². The standard InChI is InChI=1S/C22H31N3O3.CH2O2/c1-23-10-9-20(26)19(15-23)22(28)24-11-7-17(8-12-24)21(27)25-13-6-16-4-2-3-5-18(16)14-25;2-1-3/h2-5,17,19-20,26H,6-15H2,1H3;1H,(H,2,3)/t19-,20+;/m1./s1. The number of fused-ring (bicyclic) bond motifs is 1. The Hall–Kier alpha value is -2.45. The summed E-state index contributed by atoms with van der Waals surface area (Å²) in [5, 5.41) is 17.1. The molecule has 2 amide bonds. The van der Waals surface area contributed by atoms with E-state index >= 15 is 0 Å². The van der Waals surface area contributed by atoms with E-state index in [0.29, 0.717) is 32.6 Å². The minimum atomic E-state index is -0.545. The Morgan fingerprint density at radius 1 is 0.968 bits per heavy atom. The lowest BCUT2D eigenvalue weighted by Gasteiger charge is -2.39. The molecule has 0 aliphatic carbocycles. The molecule has 3 heterocycles. The smallest absolute Gasteiger partial charge is 0.290 e. The Bertz CT molecular complexity index is 778. The topological polar surface area (TPSA) is 101 Å². The molecule has 0 saturated carbocycles. The molecule has 1 aromatic rings. The molecule has 8 nitrogen and oxygen atoms in total. The predicted octanol–water partition coefficient (Wildman–Crippen LogP) is 0.823. The molecule has 0 spiro atoms. The highest BCUT2D eigenvalue weighted by Crippen LogP contribution is 2.26. The van der Waals surface area contributed by atoms with Crippen molar-refractivity contribution in [2.75, 3.05) is 39.8 Å². The van der Waals surface area contributed by atoms with Gasteiger partial charge in [0.15, 0.2) is 0 Å². The van der Waals surface area contributed by atoms with Crippen LogP contribution in [0.1, 0.15) is 30.4 Å². The van der Waals surface area contributed by atoms with Gasteiger partial charge in [-0.15, -0.1) is 0 Å². The number of aliphatic hydroxyl groups is 1. The van der Waals surface area contributed by atoms with Crippen molar-refractivity contribution < 1.29 is 24.6 Å². The normalized spacial score (nSPS) is 24.6. The predicted molar refractivity (Wildman–Crippen MR) is 115 cm³/mol. The van der Waals surface area contributed by atoms with Crippen LogP contribution in [0.25, 0.3) is 0 Å². The number of nitrogens with zero attached hydrogens (tertiary/aromatic N) is 3. The first-order valence-electron chi connectivity index (χ1n) is 11.0. The summed E-state index contributed by atoms with van der Waals surface area (Å²) in [6.45, 7) is 3.93.